The van der Waals surface area contributed by atoms with Gasteiger partial charge in [-0.3, -0.25) is 4.98 Å². The predicted octanol–water partition coefficient (Wildman–Crippen LogP) is 4.21. The van der Waals surface area contributed by atoms with Crippen molar-refractivity contribution in [3.05, 3.63) is 60.7 Å². The van der Waals surface area contributed by atoms with Crippen molar-refractivity contribution in [2.75, 3.05) is 6.26 Å². The van der Waals surface area contributed by atoms with Crippen LogP contribution in [0.1, 0.15) is 19.5 Å². The van der Waals surface area contributed by atoms with E-state index in [2.05, 4.69) is 15.0 Å². The molecule has 0 radical (unpaired) electrons. The first-order valence-corrected chi connectivity index (χ1v) is 10.9. The van der Waals surface area contributed by atoms with E-state index < -0.39 is 15.3 Å². The first-order valence-electron chi connectivity index (χ1n) is 8.91. The summed E-state index contributed by atoms with van der Waals surface area (Å²) in [7, 11) is -2.76. The Hall–Kier alpha value is -3.10. The van der Waals surface area contributed by atoms with E-state index in [-0.39, 0.29) is 0 Å². The normalized spacial score (nSPS) is 14.1. The molecule has 29 heavy (non-hydrogen) atoms. The van der Waals surface area contributed by atoms with E-state index in [0.717, 1.165) is 11.1 Å². The predicted molar refractivity (Wildman–Crippen MR) is 111 cm³/mol. The molecular formula is C21H20N4O3S. The van der Waals surface area contributed by atoms with Gasteiger partial charge in [-0.25, -0.2) is 19.0 Å². The number of rotatable bonds is 4. The van der Waals surface area contributed by atoms with Crippen LogP contribution in [0.15, 0.2) is 64.3 Å². The summed E-state index contributed by atoms with van der Waals surface area (Å²) in [6.07, 6.45) is 4.49. The number of benzene rings is 1. The molecule has 0 saturated heterocycles. The first kappa shape index (κ1) is 19.2. The maximum Gasteiger partial charge on any atom is 0.179 e. The van der Waals surface area contributed by atoms with Gasteiger partial charge in [-0.15, -0.1) is 0 Å². The van der Waals surface area contributed by atoms with Crippen LogP contribution in [0.5, 0.6) is 0 Å². The molecule has 3 aromatic heterocycles. The number of pyridine rings is 1. The van der Waals surface area contributed by atoms with Gasteiger partial charge in [0.25, 0.3) is 0 Å². The number of nitrogens with zero attached hydrogens (tertiary/aromatic N) is 3. The number of aliphatic hydroxyl groups is 1. The monoisotopic (exact) mass is 408 g/mol. The van der Waals surface area contributed by atoms with Gasteiger partial charge in [0, 0.05) is 34.5 Å². The van der Waals surface area contributed by atoms with Crippen molar-refractivity contribution in [1.29, 1.82) is 4.78 Å². The zero-order chi connectivity index (χ0) is 20.8. The SMILES string of the molecule is CC(C)(O)c1cc(-c2ncnc3cc(-c4ccc(S(C)(=N)=O)cc4)oc23)ccn1. The number of aromatic nitrogens is 3. The smallest absolute Gasteiger partial charge is 0.179 e. The van der Waals surface area contributed by atoms with Gasteiger partial charge in [-0.1, -0.05) is 12.1 Å². The molecule has 0 amide bonds. The largest absolute Gasteiger partial charge is 0.452 e. The molecule has 7 nitrogen and oxygen atoms in total. The van der Waals surface area contributed by atoms with Gasteiger partial charge in [-0.2, -0.15) is 0 Å². The highest BCUT2D eigenvalue weighted by atomic mass is 32.2. The lowest BCUT2D eigenvalue weighted by Crippen LogP contribution is -2.17. The van der Waals surface area contributed by atoms with Crippen molar-refractivity contribution in [3.8, 4) is 22.6 Å². The number of nitrogens with one attached hydrogen (secondary N) is 1. The Bertz CT molecular complexity index is 1300. The summed E-state index contributed by atoms with van der Waals surface area (Å²) < 4.78 is 25.6. The fourth-order valence-electron chi connectivity index (χ4n) is 2.99. The molecule has 8 heteroatoms. The Labute approximate surface area is 168 Å². The van der Waals surface area contributed by atoms with Crippen LogP contribution >= 0.6 is 0 Å². The fourth-order valence-corrected chi connectivity index (χ4v) is 3.65. The molecular weight excluding hydrogens is 388 g/mol. The van der Waals surface area contributed by atoms with E-state index in [4.69, 9.17) is 9.20 Å². The second kappa shape index (κ2) is 6.75. The minimum absolute atomic E-state index is 0.466. The van der Waals surface area contributed by atoms with Gasteiger partial charge in [-0.05, 0) is 38.1 Å². The zero-order valence-electron chi connectivity index (χ0n) is 16.2. The van der Waals surface area contributed by atoms with Crippen LogP contribution in [0.25, 0.3) is 33.7 Å². The molecule has 4 rings (SSSR count). The van der Waals surface area contributed by atoms with Crippen molar-refractivity contribution in [1.82, 2.24) is 15.0 Å². The Balaban J connectivity index is 1.81. The van der Waals surface area contributed by atoms with Crippen LogP contribution in [-0.2, 0) is 15.3 Å². The average Bonchev–Trinajstić information content (AvgIpc) is 3.11. The molecule has 1 atom stereocenters. The Morgan fingerprint density at radius 2 is 1.76 bits per heavy atom. The molecule has 1 unspecified atom stereocenters. The molecule has 0 aliphatic rings. The van der Waals surface area contributed by atoms with E-state index in [1.165, 1.54) is 12.6 Å². The van der Waals surface area contributed by atoms with Crippen LogP contribution in [-0.4, -0.2) is 30.5 Å². The van der Waals surface area contributed by atoms with E-state index in [1.54, 1.807) is 56.4 Å². The molecule has 2 N–H and O–H groups in total. The maximum atomic E-state index is 11.9. The number of furan rings is 1. The molecule has 0 fully saturated rings. The zero-order valence-corrected chi connectivity index (χ0v) is 17.0. The van der Waals surface area contributed by atoms with Crippen molar-refractivity contribution >= 4 is 20.8 Å². The summed E-state index contributed by atoms with van der Waals surface area (Å²) in [4.78, 5) is 13.4. The molecule has 0 saturated carbocycles. The molecule has 0 aliphatic heterocycles. The van der Waals surface area contributed by atoms with Gasteiger partial charge in [0.05, 0.1) is 15.4 Å². The topological polar surface area (TPSA) is 113 Å². The highest BCUT2D eigenvalue weighted by molar-refractivity contribution is 7.91. The third-order valence-corrected chi connectivity index (χ3v) is 5.73. The van der Waals surface area contributed by atoms with Crippen LogP contribution < -0.4 is 0 Å². The summed E-state index contributed by atoms with van der Waals surface area (Å²) in [6, 6.07) is 12.3. The highest BCUT2D eigenvalue weighted by Gasteiger charge is 2.20. The van der Waals surface area contributed by atoms with Crippen molar-refractivity contribution in [2.24, 2.45) is 0 Å². The molecule has 148 valence electrons. The van der Waals surface area contributed by atoms with Gasteiger partial charge >= 0.3 is 0 Å². The molecule has 0 aliphatic carbocycles. The number of hydrogen-bond donors (Lipinski definition) is 2. The lowest BCUT2D eigenvalue weighted by molar-refractivity contribution is 0.0739. The second-order valence-corrected chi connectivity index (χ2v) is 9.56. The highest BCUT2D eigenvalue weighted by Crippen LogP contribution is 2.33. The quantitative estimate of drug-likeness (QED) is 0.523. The van der Waals surface area contributed by atoms with Crippen LogP contribution in [0.4, 0.5) is 0 Å². The van der Waals surface area contributed by atoms with Crippen LogP contribution in [0.3, 0.4) is 0 Å². The van der Waals surface area contributed by atoms with Crippen molar-refractivity contribution < 1.29 is 13.7 Å². The molecule has 3 heterocycles. The fraction of sp³-hybridized carbons (Fsp3) is 0.190. The summed E-state index contributed by atoms with van der Waals surface area (Å²) in [5.74, 6) is 0.595. The minimum Gasteiger partial charge on any atom is -0.452 e. The molecule has 4 aromatic rings. The summed E-state index contributed by atoms with van der Waals surface area (Å²) in [5.41, 5.74) is 2.79. The average molecular weight is 408 g/mol. The maximum absolute atomic E-state index is 11.9. The number of fused-ring (bicyclic) bond motifs is 1. The van der Waals surface area contributed by atoms with E-state index in [9.17, 15) is 9.32 Å². The Morgan fingerprint density at radius 1 is 1.03 bits per heavy atom. The molecule has 0 spiro atoms. The van der Waals surface area contributed by atoms with Crippen LogP contribution in [0.2, 0.25) is 0 Å². The standard InChI is InChI=1S/C21H20N4O3S/c1-21(2,26)18-10-14(8-9-23-18)19-20-16(24-12-25-19)11-17(28-20)13-4-6-15(7-5-13)29(3,22)27/h4-12,22,26H,1-3H3. The van der Waals surface area contributed by atoms with E-state index >= 15 is 0 Å². The van der Waals surface area contributed by atoms with Gasteiger partial charge in [0.15, 0.2) is 5.58 Å². The van der Waals surface area contributed by atoms with E-state index in [1.807, 2.05) is 6.07 Å². The lowest BCUT2D eigenvalue weighted by Gasteiger charge is -2.16. The Morgan fingerprint density at radius 3 is 2.41 bits per heavy atom. The second-order valence-electron chi connectivity index (χ2n) is 7.40. The summed E-state index contributed by atoms with van der Waals surface area (Å²) in [6.45, 7) is 3.35. The van der Waals surface area contributed by atoms with E-state index in [0.29, 0.717) is 33.1 Å². The minimum atomic E-state index is -2.76. The number of hydrogen-bond acceptors (Lipinski definition) is 7. The Kier molecular flexibility index (Phi) is 4.48. The summed E-state index contributed by atoms with van der Waals surface area (Å²) in [5, 5.41) is 10.3. The summed E-state index contributed by atoms with van der Waals surface area (Å²) >= 11 is 0. The third kappa shape index (κ3) is 3.76. The van der Waals surface area contributed by atoms with Crippen molar-refractivity contribution in [3.63, 3.8) is 0 Å². The third-order valence-electron chi connectivity index (χ3n) is 4.56. The van der Waals surface area contributed by atoms with Crippen molar-refractivity contribution in [2.45, 2.75) is 24.3 Å². The van der Waals surface area contributed by atoms with Gasteiger partial charge in [0.1, 0.15) is 28.9 Å². The first-order chi connectivity index (χ1) is 13.6. The lowest BCUT2D eigenvalue weighted by atomic mass is 10.0. The van der Waals surface area contributed by atoms with Gasteiger partial charge in [0.2, 0.25) is 0 Å². The molecule has 1 aromatic carbocycles. The van der Waals surface area contributed by atoms with Gasteiger partial charge < -0.3 is 9.52 Å². The van der Waals surface area contributed by atoms with Crippen LogP contribution in [0, 0.1) is 4.78 Å². The molecule has 0 bridgehead atoms.